The van der Waals surface area contributed by atoms with E-state index in [1.807, 2.05) is 0 Å². The van der Waals surface area contributed by atoms with Crippen LogP contribution in [0.2, 0.25) is 19.6 Å². The van der Waals surface area contributed by atoms with E-state index < -0.39 is 0 Å². The fourth-order valence-corrected chi connectivity index (χ4v) is 0. The number of rotatable bonds is 0. The summed E-state index contributed by atoms with van der Waals surface area (Å²) in [5, 5.41) is 7.57. The Morgan fingerprint density at radius 3 is 1.29 bits per heavy atom. The van der Waals surface area contributed by atoms with Crippen LogP contribution < -0.4 is 0 Å². The predicted molar refractivity (Wildman–Crippen MR) is 36.1 cm³/mol. The average Bonchev–Trinajstić information content (AvgIpc) is 1.33. The molecule has 0 fully saturated rings. The van der Waals surface area contributed by atoms with Gasteiger partial charge in [-0.2, -0.15) is 0 Å². The molecule has 0 aromatic rings. The SMILES string of the molecule is CCO.C[Si](C)C. The lowest BCUT2D eigenvalue weighted by atomic mass is 10.9. The fourth-order valence-electron chi connectivity index (χ4n) is 0. The quantitative estimate of drug-likeness (QED) is 0.477. The zero-order chi connectivity index (χ0) is 6.28. The van der Waals surface area contributed by atoms with Gasteiger partial charge in [0.1, 0.15) is 0 Å². The molecule has 1 nitrogen and oxygen atoms in total. The fraction of sp³-hybridized carbons (Fsp3) is 1.00. The summed E-state index contributed by atoms with van der Waals surface area (Å²) in [4.78, 5) is 0. The molecule has 0 saturated carbocycles. The van der Waals surface area contributed by atoms with Crippen molar-refractivity contribution in [3.8, 4) is 0 Å². The monoisotopic (exact) mass is 119 g/mol. The van der Waals surface area contributed by atoms with Crippen molar-refractivity contribution in [2.24, 2.45) is 0 Å². The second kappa shape index (κ2) is 9.49. The van der Waals surface area contributed by atoms with Gasteiger partial charge in [-0.25, -0.2) is 0 Å². The van der Waals surface area contributed by atoms with Crippen LogP contribution in [-0.2, 0) is 0 Å². The first kappa shape index (κ1) is 10.2. The van der Waals surface area contributed by atoms with Gasteiger partial charge < -0.3 is 5.11 Å². The summed E-state index contributed by atoms with van der Waals surface area (Å²) in [5.41, 5.74) is 0. The molecule has 2 heteroatoms. The third-order valence-electron chi connectivity index (χ3n) is 0. The van der Waals surface area contributed by atoms with Crippen molar-refractivity contribution >= 4 is 8.80 Å². The number of hydrogen-bond acceptors (Lipinski definition) is 1. The summed E-state index contributed by atoms with van der Waals surface area (Å²) in [6, 6.07) is 0. The molecule has 0 aliphatic rings. The highest BCUT2D eigenvalue weighted by Gasteiger charge is 1.72. The lowest BCUT2D eigenvalue weighted by Crippen LogP contribution is -1.84. The molecule has 0 aromatic heterocycles. The predicted octanol–water partition coefficient (Wildman–Crippen LogP) is 1.37. The van der Waals surface area contributed by atoms with Gasteiger partial charge in [-0.3, -0.25) is 0 Å². The highest BCUT2D eigenvalue weighted by Crippen LogP contribution is 1.68. The van der Waals surface area contributed by atoms with Gasteiger partial charge in [-0.15, -0.1) is 0 Å². The van der Waals surface area contributed by atoms with Gasteiger partial charge >= 0.3 is 0 Å². The minimum Gasteiger partial charge on any atom is -0.397 e. The molecule has 0 amide bonds. The van der Waals surface area contributed by atoms with E-state index in [0.29, 0.717) is 0 Å². The van der Waals surface area contributed by atoms with Crippen molar-refractivity contribution < 1.29 is 5.11 Å². The Kier molecular flexibility index (Phi) is 13.8. The number of hydrogen-bond donors (Lipinski definition) is 1. The largest absolute Gasteiger partial charge is 0.397 e. The molecule has 1 radical (unpaired) electrons. The maximum absolute atomic E-state index is 7.57. The van der Waals surface area contributed by atoms with Crippen LogP contribution in [0.5, 0.6) is 0 Å². The first-order valence-corrected chi connectivity index (χ1v) is 5.52. The lowest BCUT2D eigenvalue weighted by Gasteiger charge is -1.75. The van der Waals surface area contributed by atoms with E-state index in [4.69, 9.17) is 5.11 Å². The molecule has 0 spiro atoms. The Morgan fingerprint density at radius 1 is 1.29 bits per heavy atom. The Morgan fingerprint density at radius 2 is 1.29 bits per heavy atom. The molecule has 0 rings (SSSR count). The van der Waals surface area contributed by atoms with Crippen LogP contribution in [0.3, 0.4) is 0 Å². The van der Waals surface area contributed by atoms with Crippen molar-refractivity contribution in [3.63, 3.8) is 0 Å². The van der Waals surface area contributed by atoms with Gasteiger partial charge in [-0.05, 0) is 6.92 Å². The standard InChI is InChI=1S/C3H9Si.C2H6O/c1-4(2)3;1-2-3/h1-3H3;3H,2H2,1H3. The molecule has 0 aromatic carbocycles. The van der Waals surface area contributed by atoms with Crippen LogP contribution in [0.15, 0.2) is 0 Å². The lowest BCUT2D eigenvalue weighted by molar-refractivity contribution is 0.318. The van der Waals surface area contributed by atoms with Crippen LogP contribution in [0.1, 0.15) is 6.92 Å². The molecular weight excluding hydrogens is 104 g/mol. The van der Waals surface area contributed by atoms with Crippen molar-refractivity contribution in [2.45, 2.75) is 26.6 Å². The van der Waals surface area contributed by atoms with Crippen molar-refractivity contribution in [1.82, 2.24) is 0 Å². The summed E-state index contributed by atoms with van der Waals surface area (Å²) < 4.78 is 0. The molecule has 1 N–H and O–H groups in total. The second-order valence-electron chi connectivity index (χ2n) is 1.82. The van der Waals surface area contributed by atoms with E-state index >= 15 is 0 Å². The second-order valence-corrected chi connectivity index (χ2v) is 4.82. The molecule has 7 heavy (non-hydrogen) atoms. The first-order chi connectivity index (χ1) is 3.15. The Balaban J connectivity index is 0. The summed E-state index contributed by atoms with van der Waals surface area (Å²) in [6.45, 7) is 8.74. The third-order valence-corrected chi connectivity index (χ3v) is 0. The van der Waals surface area contributed by atoms with Gasteiger partial charge in [0.05, 0.1) is 0 Å². The highest BCUT2D eigenvalue weighted by atomic mass is 28.3. The van der Waals surface area contributed by atoms with Crippen molar-refractivity contribution in [2.75, 3.05) is 6.61 Å². The minimum absolute atomic E-state index is 0.120. The van der Waals surface area contributed by atoms with E-state index in [-0.39, 0.29) is 15.4 Å². The zero-order valence-corrected chi connectivity index (χ0v) is 6.65. The van der Waals surface area contributed by atoms with E-state index in [1.54, 1.807) is 6.92 Å². The molecule has 0 atom stereocenters. The molecule has 0 aliphatic heterocycles. The van der Waals surface area contributed by atoms with Crippen LogP contribution in [0, 0.1) is 0 Å². The van der Waals surface area contributed by atoms with Crippen LogP contribution >= 0.6 is 0 Å². The van der Waals surface area contributed by atoms with Crippen molar-refractivity contribution in [3.05, 3.63) is 0 Å². The molecule has 0 unspecified atom stereocenters. The Labute approximate surface area is 48.0 Å². The maximum Gasteiger partial charge on any atom is 0.0402 e. The van der Waals surface area contributed by atoms with Crippen LogP contribution in [0.25, 0.3) is 0 Å². The van der Waals surface area contributed by atoms with Gasteiger partial charge in [0.25, 0.3) is 0 Å². The Bertz CT molecular complexity index is 19.3. The highest BCUT2D eigenvalue weighted by molar-refractivity contribution is 6.54. The van der Waals surface area contributed by atoms with Gasteiger partial charge in [-0.1, -0.05) is 19.6 Å². The summed E-state index contributed by atoms with van der Waals surface area (Å²) in [7, 11) is 0.120. The first-order valence-electron chi connectivity index (χ1n) is 2.52. The molecule has 0 aliphatic carbocycles. The topological polar surface area (TPSA) is 20.2 Å². The average molecular weight is 119 g/mol. The van der Waals surface area contributed by atoms with Gasteiger partial charge in [0.2, 0.25) is 0 Å². The summed E-state index contributed by atoms with van der Waals surface area (Å²) in [6.07, 6.45) is 0. The van der Waals surface area contributed by atoms with E-state index in [0.717, 1.165) is 0 Å². The molecule has 45 valence electrons. The minimum atomic E-state index is 0.120. The normalized spacial score (nSPS) is 7.71. The van der Waals surface area contributed by atoms with Gasteiger partial charge in [0, 0.05) is 15.4 Å². The maximum atomic E-state index is 7.57. The van der Waals surface area contributed by atoms with Gasteiger partial charge in [0.15, 0.2) is 0 Å². The third kappa shape index (κ3) is 3440. The molecule has 0 bridgehead atoms. The van der Waals surface area contributed by atoms with E-state index in [1.165, 1.54) is 0 Å². The molecule has 0 heterocycles. The Hall–Kier alpha value is 0.177. The van der Waals surface area contributed by atoms with Crippen LogP contribution in [-0.4, -0.2) is 20.5 Å². The van der Waals surface area contributed by atoms with E-state index in [9.17, 15) is 0 Å². The number of aliphatic hydroxyl groups is 1. The summed E-state index contributed by atoms with van der Waals surface area (Å²) in [5.74, 6) is 0. The molecular formula is C5H15OSi. The number of aliphatic hydroxyl groups excluding tert-OH is 1. The summed E-state index contributed by atoms with van der Waals surface area (Å²) >= 11 is 0. The van der Waals surface area contributed by atoms with Crippen molar-refractivity contribution in [1.29, 1.82) is 0 Å². The molecule has 0 saturated heterocycles. The van der Waals surface area contributed by atoms with E-state index in [2.05, 4.69) is 19.6 Å². The van der Waals surface area contributed by atoms with Crippen LogP contribution in [0.4, 0.5) is 0 Å². The zero-order valence-electron chi connectivity index (χ0n) is 5.65. The smallest absolute Gasteiger partial charge is 0.0402 e.